The highest BCUT2D eigenvalue weighted by atomic mass is 16.7. The second-order valence-electron chi connectivity index (χ2n) is 22.0. The summed E-state index contributed by atoms with van der Waals surface area (Å²) in [4.78, 5) is 45.7. The van der Waals surface area contributed by atoms with Gasteiger partial charge >= 0.3 is 11.9 Å². The minimum atomic E-state index is -1.46. The highest BCUT2D eigenvalue weighted by Crippen LogP contribution is 2.82. The standard InChI is InChI=1S/C47H64N2O11/c1-23(2)10-13-44(4)36-34(52)37(53)45(5)35-26(7-9-29-39(59-44)46(35,36)21-57-41(29)54)18-43(3)38(58-42(55)40-47(43,45)60-40)28-12-15-56-33(28)17-30(32(51)20-50)24-6-8-27-25(16-24)11-14-49-22-48-19-31(27)49/h11-12,14-15,23-27,29-32,35-40,48,50-51,53H,6-10,13,16-22H2,1-5H3/t24-,25+,26+,27-,29-,30-,31+,32+,35-,36+,37+,38-,39-,40+,43-,44-,45-,46+,47+/m0/s1. The Hall–Kier alpha value is -2.81. The molecule has 13 heteroatoms. The van der Waals surface area contributed by atoms with Crippen molar-refractivity contribution in [3.05, 3.63) is 35.9 Å². The first-order valence-corrected chi connectivity index (χ1v) is 23.1. The molecule has 2 bridgehead atoms. The van der Waals surface area contributed by atoms with Crippen LogP contribution in [0.1, 0.15) is 103 Å². The Bertz CT molecular complexity index is 1990. The fourth-order valence-electron chi connectivity index (χ4n) is 16.6. The van der Waals surface area contributed by atoms with Crippen LogP contribution in [0.25, 0.3) is 0 Å². The minimum absolute atomic E-state index is 0.0320. The number of nitrogens with zero attached hydrogens (tertiary/aromatic N) is 1. The zero-order chi connectivity index (χ0) is 41.9. The number of allylic oxidation sites excluding steroid dienone is 1. The van der Waals surface area contributed by atoms with Gasteiger partial charge in [0.1, 0.15) is 30.2 Å². The minimum Gasteiger partial charge on any atom is -0.469 e. The largest absolute Gasteiger partial charge is 0.469 e. The van der Waals surface area contributed by atoms with Crippen LogP contribution in [-0.4, -0.2) is 106 Å². The zero-order valence-corrected chi connectivity index (χ0v) is 35.7. The van der Waals surface area contributed by atoms with E-state index < -0.39 is 75.8 Å². The van der Waals surface area contributed by atoms with Crippen LogP contribution in [-0.2, 0) is 39.8 Å². The van der Waals surface area contributed by atoms with Crippen molar-refractivity contribution in [2.75, 3.05) is 26.4 Å². The Kier molecular flexibility index (Phi) is 8.91. The van der Waals surface area contributed by atoms with Gasteiger partial charge in [0.2, 0.25) is 0 Å². The van der Waals surface area contributed by atoms with E-state index in [1.807, 2.05) is 19.9 Å². The first kappa shape index (κ1) is 40.0. The van der Waals surface area contributed by atoms with E-state index in [0.29, 0.717) is 67.2 Å². The third kappa shape index (κ3) is 4.94. The van der Waals surface area contributed by atoms with Crippen molar-refractivity contribution in [2.24, 2.45) is 69.5 Å². The Labute approximate surface area is 352 Å². The van der Waals surface area contributed by atoms with E-state index in [1.54, 1.807) is 6.26 Å². The zero-order valence-electron chi connectivity index (χ0n) is 35.7. The molecule has 5 saturated heterocycles. The van der Waals surface area contributed by atoms with Crippen LogP contribution < -0.4 is 5.32 Å². The molecule has 328 valence electrons. The number of fused-ring (bicyclic) bond motifs is 3. The first-order chi connectivity index (χ1) is 28.6. The Morgan fingerprint density at radius 2 is 1.85 bits per heavy atom. The maximum atomic E-state index is 15.3. The normalized spacial score (nSPS) is 50.4. The molecule has 0 radical (unpaired) electrons. The quantitative estimate of drug-likeness (QED) is 0.207. The molecule has 7 heterocycles. The lowest BCUT2D eigenvalue weighted by Crippen LogP contribution is -2.78. The molecule has 6 aliphatic heterocycles. The molecule has 1 aromatic heterocycles. The molecule has 60 heavy (non-hydrogen) atoms. The van der Waals surface area contributed by atoms with Gasteiger partial charge in [-0.05, 0) is 112 Å². The number of hydrogen-bond donors (Lipinski definition) is 4. The average molecular weight is 833 g/mol. The van der Waals surface area contributed by atoms with Crippen molar-refractivity contribution < 1.29 is 53.1 Å². The summed E-state index contributed by atoms with van der Waals surface area (Å²) in [5.74, 6) is -1.07. The Balaban J connectivity index is 0.968. The van der Waals surface area contributed by atoms with Gasteiger partial charge in [-0.25, -0.2) is 4.79 Å². The summed E-state index contributed by atoms with van der Waals surface area (Å²) >= 11 is 0. The van der Waals surface area contributed by atoms with Crippen LogP contribution >= 0.6 is 0 Å². The van der Waals surface area contributed by atoms with Gasteiger partial charge in [0.05, 0.1) is 49.2 Å². The van der Waals surface area contributed by atoms with E-state index in [-0.39, 0.29) is 48.6 Å². The van der Waals surface area contributed by atoms with Gasteiger partial charge < -0.3 is 43.6 Å². The molecular weight excluding hydrogens is 769 g/mol. The molecule has 1 aromatic rings. The molecule has 13 nitrogen and oxygen atoms in total. The van der Waals surface area contributed by atoms with Crippen molar-refractivity contribution in [2.45, 2.75) is 140 Å². The van der Waals surface area contributed by atoms with Gasteiger partial charge in [0.15, 0.2) is 11.9 Å². The fraction of sp³-hybridized carbons (Fsp3) is 0.809. The number of ketones is 1. The number of carbonyl (C=O) groups is 3. The van der Waals surface area contributed by atoms with Crippen LogP contribution in [0.4, 0.5) is 0 Å². The number of aliphatic hydroxyl groups is 3. The molecule has 2 spiro atoms. The number of Topliss-reactive ketones (excluding diaryl/α,β-unsaturated/α-hetero) is 1. The summed E-state index contributed by atoms with van der Waals surface area (Å²) < 4.78 is 32.8. The molecule has 4 saturated carbocycles. The first-order valence-electron chi connectivity index (χ1n) is 23.1. The van der Waals surface area contributed by atoms with E-state index in [9.17, 15) is 24.9 Å². The number of ether oxygens (including phenoxy) is 4. The number of rotatable bonds is 9. The molecule has 10 aliphatic rings. The molecule has 0 amide bonds. The molecule has 4 N–H and O–H groups in total. The lowest BCUT2D eigenvalue weighted by molar-refractivity contribution is -0.266. The number of carbonyl (C=O) groups excluding carboxylic acids is 3. The molecule has 0 unspecified atom stereocenters. The van der Waals surface area contributed by atoms with Gasteiger partial charge in [-0.1, -0.05) is 33.8 Å². The molecule has 4 aliphatic carbocycles. The summed E-state index contributed by atoms with van der Waals surface area (Å²) in [6, 6.07) is 2.34. The van der Waals surface area contributed by atoms with E-state index in [2.05, 4.69) is 43.3 Å². The predicted octanol–water partition coefficient (Wildman–Crippen LogP) is 4.07. The summed E-state index contributed by atoms with van der Waals surface area (Å²) in [7, 11) is 0. The van der Waals surface area contributed by atoms with Crippen LogP contribution in [0.2, 0.25) is 0 Å². The van der Waals surface area contributed by atoms with Gasteiger partial charge in [0, 0.05) is 40.8 Å². The van der Waals surface area contributed by atoms with Crippen LogP contribution in [0.5, 0.6) is 0 Å². The second-order valence-corrected chi connectivity index (χ2v) is 22.0. The molecular formula is C47H64N2O11. The molecule has 19 atom stereocenters. The molecule has 11 rings (SSSR count). The Morgan fingerprint density at radius 3 is 2.63 bits per heavy atom. The summed E-state index contributed by atoms with van der Waals surface area (Å²) in [5, 5.41) is 38.2. The van der Waals surface area contributed by atoms with Gasteiger partial charge in [-0.3, -0.25) is 14.9 Å². The molecule has 9 fully saturated rings. The van der Waals surface area contributed by atoms with E-state index in [0.717, 1.165) is 38.9 Å². The van der Waals surface area contributed by atoms with Crippen LogP contribution in [0.3, 0.4) is 0 Å². The SMILES string of the molecule is CC(C)CC[C@]1(C)O[C@H]2[C@@H]3CC[C@@H]4C[C@@]5(C)[C@H](c6ccoc6C[C@@H]([C@H]6CC[C@H]7[C@H](C=CN8CNC[C@H]78)C6)[C@H](O)CO)OC(=O)[C@H]6O[C@]65[C@]5(C)[C@H](O)C(=O)[C@H]1[C@@]2(COC3=O)[C@@H]45. The topological polar surface area (TPSA) is 181 Å². The Morgan fingerprint density at radius 1 is 1.03 bits per heavy atom. The number of nitrogens with one attached hydrogen (secondary N) is 1. The highest BCUT2D eigenvalue weighted by Gasteiger charge is 2.92. The third-order valence-electron chi connectivity index (χ3n) is 18.9. The highest BCUT2D eigenvalue weighted by molar-refractivity contribution is 5.92. The number of cyclic esters (lactones) is 2. The van der Waals surface area contributed by atoms with E-state index in [1.165, 1.54) is 0 Å². The number of esters is 2. The fourth-order valence-corrected chi connectivity index (χ4v) is 16.6. The van der Waals surface area contributed by atoms with Crippen LogP contribution in [0.15, 0.2) is 29.0 Å². The average Bonchev–Trinajstić information content (AvgIpc) is 3.47. The summed E-state index contributed by atoms with van der Waals surface area (Å²) in [5.41, 5.74) is -4.54. The van der Waals surface area contributed by atoms with E-state index in [4.69, 9.17) is 23.4 Å². The lowest BCUT2D eigenvalue weighted by atomic mass is 9.34. The smallest absolute Gasteiger partial charge is 0.339 e. The van der Waals surface area contributed by atoms with Crippen molar-refractivity contribution >= 4 is 17.7 Å². The van der Waals surface area contributed by atoms with Crippen molar-refractivity contribution in [1.29, 1.82) is 0 Å². The predicted molar refractivity (Wildman–Crippen MR) is 213 cm³/mol. The van der Waals surface area contributed by atoms with Crippen LogP contribution in [0, 0.1) is 69.5 Å². The number of aliphatic hydroxyl groups excluding tert-OH is 3. The van der Waals surface area contributed by atoms with Crippen molar-refractivity contribution in [1.82, 2.24) is 10.2 Å². The third-order valence-corrected chi connectivity index (χ3v) is 18.9. The second kappa shape index (κ2) is 13.4. The van der Waals surface area contributed by atoms with Crippen molar-refractivity contribution in [3.63, 3.8) is 0 Å². The van der Waals surface area contributed by atoms with E-state index >= 15 is 4.79 Å². The van der Waals surface area contributed by atoms with Gasteiger partial charge in [0.25, 0.3) is 0 Å². The maximum absolute atomic E-state index is 15.3. The molecule has 0 aromatic carbocycles. The summed E-state index contributed by atoms with van der Waals surface area (Å²) in [6.07, 6.45) is 7.75. The number of furan rings is 1. The van der Waals surface area contributed by atoms with Gasteiger partial charge in [-0.15, -0.1) is 0 Å². The monoisotopic (exact) mass is 832 g/mol. The lowest BCUT2D eigenvalue weighted by Gasteiger charge is -2.68. The maximum Gasteiger partial charge on any atom is 0.339 e. The number of hydrogen-bond acceptors (Lipinski definition) is 13. The van der Waals surface area contributed by atoms with Gasteiger partial charge in [-0.2, -0.15) is 0 Å². The number of epoxide rings is 1. The van der Waals surface area contributed by atoms with Crippen molar-refractivity contribution in [3.8, 4) is 0 Å². The summed E-state index contributed by atoms with van der Waals surface area (Å²) in [6.45, 7) is 11.9.